The average Bonchev–Trinajstić information content (AvgIpc) is 3.77. The minimum atomic E-state index is -2.06. The summed E-state index contributed by atoms with van der Waals surface area (Å²) >= 11 is 3.31. The van der Waals surface area contributed by atoms with Crippen molar-refractivity contribution >= 4 is 69.6 Å². The molecule has 4 aromatic heterocycles. The van der Waals surface area contributed by atoms with E-state index in [0.717, 1.165) is 27.1 Å². The van der Waals surface area contributed by atoms with Gasteiger partial charge in [-0.15, -0.1) is 0 Å². The van der Waals surface area contributed by atoms with Crippen LogP contribution in [-0.2, 0) is 9.59 Å². The number of para-hydroxylation sites is 2. The van der Waals surface area contributed by atoms with Crippen LogP contribution in [0.3, 0.4) is 0 Å². The first-order valence-electron chi connectivity index (χ1n) is 16.4. The molecule has 12 nitrogen and oxygen atoms in total. The molecule has 0 aliphatic carbocycles. The molecule has 1 aliphatic rings. The lowest BCUT2D eigenvalue weighted by molar-refractivity contribution is -0.117. The largest absolute Gasteiger partial charge is 0.538 e. The molecule has 0 radical (unpaired) electrons. The Morgan fingerprint density at radius 1 is 0.902 bits per heavy atom. The lowest BCUT2D eigenvalue weighted by atomic mass is 10.1. The third-order valence-corrected chi connectivity index (χ3v) is 9.28. The number of amides is 2. The van der Waals surface area contributed by atoms with Crippen molar-refractivity contribution in [1.82, 2.24) is 9.97 Å². The molecule has 0 bridgehead atoms. The monoisotopic (exact) mass is 772 g/mol. The third kappa shape index (κ3) is 7.86. The molecule has 0 saturated carbocycles. The van der Waals surface area contributed by atoms with Crippen molar-refractivity contribution in [2.24, 2.45) is 0 Å². The number of nitrogens with zero attached hydrogens (tertiary/aromatic N) is 3. The van der Waals surface area contributed by atoms with Gasteiger partial charge >= 0.3 is 0 Å². The van der Waals surface area contributed by atoms with Gasteiger partial charge < -0.3 is 28.6 Å². The number of benzene rings is 2. The third-order valence-electron chi connectivity index (χ3n) is 7.90. The Morgan fingerprint density at radius 2 is 1.49 bits per heavy atom. The van der Waals surface area contributed by atoms with Crippen molar-refractivity contribution in [3.05, 3.63) is 73.1 Å². The molecule has 14 heteroatoms. The van der Waals surface area contributed by atoms with E-state index in [1.807, 2.05) is 80.3 Å². The number of rotatable bonds is 9. The molecule has 2 amide bonds. The number of carbonyl (C=O) groups excluding carboxylic acids is 2. The molecule has 1 aliphatic heterocycles. The number of nitrogens with one attached hydrogen (secondary N) is 1. The van der Waals surface area contributed by atoms with E-state index < -0.39 is 14.1 Å². The minimum absolute atomic E-state index is 0.00633. The van der Waals surface area contributed by atoms with Gasteiger partial charge in [-0.25, -0.2) is 0 Å². The Labute approximate surface area is 303 Å². The van der Waals surface area contributed by atoms with Gasteiger partial charge in [0.1, 0.15) is 0 Å². The smallest absolute Gasteiger partial charge is 0.249 e. The maximum atomic E-state index is 12.2. The second-order valence-electron chi connectivity index (χ2n) is 12.9. The molecule has 0 unspecified atom stereocenters. The number of anilines is 2. The lowest BCUT2D eigenvalue weighted by Gasteiger charge is -2.18. The fraction of sp³-hybridized carbons (Fsp3) is 0.243. The van der Waals surface area contributed by atoms with E-state index in [0.29, 0.717) is 43.4 Å². The summed E-state index contributed by atoms with van der Waals surface area (Å²) in [7, 11) is -2.06. The first kappa shape index (κ1) is 35.5. The van der Waals surface area contributed by atoms with Gasteiger partial charge in [0, 0.05) is 59.0 Å². The predicted octanol–water partition coefficient (Wildman–Crippen LogP) is 8.56. The van der Waals surface area contributed by atoms with Gasteiger partial charge in [0.05, 0.1) is 11.0 Å². The summed E-state index contributed by atoms with van der Waals surface area (Å²) in [6.07, 6.45) is 5.35. The summed E-state index contributed by atoms with van der Waals surface area (Å²) in [6, 6.07) is 19.0. The van der Waals surface area contributed by atoms with Crippen LogP contribution in [0.5, 0.6) is 23.0 Å². The quantitative estimate of drug-likeness (QED) is 0.0824. The number of aromatic hydroxyl groups is 3. The average molecular weight is 774 g/mol. The Bertz CT molecular complexity index is 2230. The van der Waals surface area contributed by atoms with E-state index in [9.17, 15) is 24.9 Å². The van der Waals surface area contributed by atoms with E-state index in [2.05, 4.69) is 31.2 Å². The number of hydrogen-bond donors (Lipinski definition) is 4. The van der Waals surface area contributed by atoms with E-state index in [1.165, 1.54) is 4.90 Å². The topological polar surface area (TPSA) is 171 Å². The molecule has 7 rings (SSSR count). The Balaban J connectivity index is 0.000000179. The van der Waals surface area contributed by atoms with E-state index in [4.69, 9.17) is 13.3 Å². The van der Waals surface area contributed by atoms with Crippen LogP contribution in [0, 0.1) is 0 Å². The van der Waals surface area contributed by atoms with Gasteiger partial charge in [0.2, 0.25) is 54.9 Å². The summed E-state index contributed by atoms with van der Waals surface area (Å²) in [5, 5.41) is 36.4. The molecule has 2 aromatic carbocycles. The van der Waals surface area contributed by atoms with Gasteiger partial charge in [-0.3, -0.25) is 29.8 Å². The van der Waals surface area contributed by atoms with Gasteiger partial charge in [-0.2, -0.15) is 0 Å². The SMILES string of the molecule is C[Si](C)(C)Oc1c(NC(=O)CCCBr)oc(-c2cnc3ccccc3c2)c1O.O=C1CCCN1c1oc(-c2cnc3ccccc3c2)c(O)c1O. The van der Waals surface area contributed by atoms with Crippen LogP contribution < -0.4 is 14.6 Å². The minimum Gasteiger partial charge on any atom is -0.538 e. The van der Waals surface area contributed by atoms with E-state index in [-0.39, 0.29) is 52.4 Å². The van der Waals surface area contributed by atoms with Crippen LogP contribution in [0.25, 0.3) is 44.5 Å². The summed E-state index contributed by atoms with van der Waals surface area (Å²) in [5.41, 5.74) is 2.81. The second kappa shape index (κ2) is 14.9. The summed E-state index contributed by atoms with van der Waals surface area (Å²) in [6.45, 7) is 6.45. The molecule has 1 saturated heterocycles. The molecule has 4 N–H and O–H groups in total. The van der Waals surface area contributed by atoms with E-state index in [1.54, 1.807) is 12.4 Å². The fourth-order valence-corrected chi connectivity index (χ4v) is 6.62. The molecular formula is C37H37BrN4O8Si. The highest BCUT2D eigenvalue weighted by Crippen LogP contribution is 2.49. The van der Waals surface area contributed by atoms with E-state index >= 15 is 0 Å². The Hall–Kier alpha value is -5.34. The molecule has 5 heterocycles. The Morgan fingerprint density at radius 3 is 2.04 bits per heavy atom. The van der Waals surface area contributed by atoms with Gasteiger partial charge in [-0.05, 0) is 56.7 Å². The highest BCUT2D eigenvalue weighted by Gasteiger charge is 2.32. The number of aromatic nitrogens is 2. The standard InChI is InChI=1S/C20H23BrN2O4Si.C17H14N2O4/c1-28(2,3)27-19-17(25)18(26-20(19)23-16(24)9-6-10-21)14-11-13-7-4-5-8-15(13)22-12-14;20-13-6-3-7-19(13)17-15(22)14(21)16(23-17)11-8-10-4-1-2-5-12(10)18-9-11/h4-5,7-8,11-12,25H,6,9-10H2,1-3H3,(H,23,24);1-2,4-5,8-9,21-22H,3,6-7H2. The van der Waals surface area contributed by atoms with Crippen molar-refractivity contribution in [2.45, 2.75) is 45.3 Å². The van der Waals surface area contributed by atoms with Crippen molar-refractivity contribution in [2.75, 3.05) is 22.1 Å². The number of fused-ring (bicyclic) bond motifs is 2. The van der Waals surface area contributed by atoms with Crippen LogP contribution >= 0.6 is 15.9 Å². The number of hydrogen-bond acceptors (Lipinski definition) is 10. The second-order valence-corrected chi connectivity index (χ2v) is 18.1. The van der Waals surface area contributed by atoms with Gasteiger partial charge in [0.25, 0.3) is 0 Å². The Kier molecular flexibility index (Phi) is 10.3. The van der Waals surface area contributed by atoms with Gasteiger partial charge in [-0.1, -0.05) is 52.3 Å². The molecule has 0 spiro atoms. The molecular weight excluding hydrogens is 736 g/mol. The molecule has 1 fully saturated rings. The zero-order chi connectivity index (χ0) is 36.3. The van der Waals surface area contributed by atoms with Crippen molar-refractivity contribution in [3.63, 3.8) is 0 Å². The number of carbonyl (C=O) groups is 2. The fourth-order valence-electron chi connectivity index (χ4n) is 5.54. The van der Waals surface area contributed by atoms with Crippen LogP contribution in [0.4, 0.5) is 11.8 Å². The zero-order valence-corrected chi connectivity index (χ0v) is 30.9. The first-order valence-corrected chi connectivity index (χ1v) is 20.9. The van der Waals surface area contributed by atoms with Crippen molar-refractivity contribution in [1.29, 1.82) is 0 Å². The normalized spacial score (nSPS) is 13.0. The highest BCUT2D eigenvalue weighted by atomic mass is 79.9. The molecule has 51 heavy (non-hydrogen) atoms. The molecule has 0 atom stereocenters. The highest BCUT2D eigenvalue weighted by molar-refractivity contribution is 9.09. The maximum absolute atomic E-state index is 12.2. The van der Waals surface area contributed by atoms with Gasteiger partial charge in [0.15, 0.2) is 11.5 Å². The van der Waals surface area contributed by atoms with Crippen LogP contribution in [0.2, 0.25) is 19.6 Å². The number of alkyl halides is 1. The van der Waals surface area contributed by atoms with Crippen LogP contribution in [0.15, 0.2) is 81.9 Å². The van der Waals surface area contributed by atoms with Crippen LogP contribution in [-0.4, -0.2) is 57.3 Å². The zero-order valence-electron chi connectivity index (χ0n) is 28.3. The first-order chi connectivity index (χ1) is 24.4. The summed E-state index contributed by atoms with van der Waals surface area (Å²) in [5.74, 6) is -0.618. The molecule has 264 valence electrons. The van der Waals surface area contributed by atoms with Crippen LogP contribution in [0.1, 0.15) is 25.7 Å². The maximum Gasteiger partial charge on any atom is 0.249 e. The molecule has 6 aromatic rings. The number of pyridine rings is 2. The number of furan rings is 2. The van der Waals surface area contributed by atoms with Crippen molar-refractivity contribution in [3.8, 4) is 45.6 Å². The summed E-state index contributed by atoms with van der Waals surface area (Å²) in [4.78, 5) is 34.1. The number of halogens is 1. The summed E-state index contributed by atoms with van der Waals surface area (Å²) < 4.78 is 17.4. The predicted molar refractivity (Wildman–Crippen MR) is 201 cm³/mol. The van der Waals surface area contributed by atoms with Crippen molar-refractivity contribution < 1.29 is 38.2 Å². The lowest BCUT2D eigenvalue weighted by Crippen LogP contribution is -2.29.